The highest BCUT2D eigenvalue weighted by molar-refractivity contribution is 8.93. The number of carbonyl (C=O) groups is 1. The molecule has 0 bridgehead atoms. The highest BCUT2D eigenvalue weighted by Crippen LogP contribution is 2.14. The van der Waals surface area contributed by atoms with Crippen LogP contribution in [0.5, 0.6) is 0 Å². The lowest BCUT2D eigenvalue weighted by molar-refractivity contribution is -0.686. The molecule has 0 unspecified atom stereocenters. The number of fused-ring (bicyclic) bond motifs is 1. The zero-order chi connectivity index (χ0) is 16.2. The maximum atomic E-state index is 12.5. The summed E-state index contributed by atoms with van der Waals surface area (Å²) in [5, 5.41) is 14.2. The Morgan fingerprint density at radius 2 is 1.92 bits per heavy atom. The number of aromatic nitrogens is 1. The average Bonchev–Trinajstić information content (AvgIpc) is 2.99. The molecule has 1 aliphatic rings. The van der Waals surface area contributed by atoms with Gasteiger partial charge in [0.2, 0.25) is 6.54 Å². The van der Waals surface area contributed by atoms with Gasteiger partial charge in [-0.1, -0.05) is 24.0 Å². The Hall–Kier alpha value is -2.47. The molecule has 3 rings (SSSR count). The van der Waals surface area contributed by atoms with Gasteiger partial charge in [0.1, 0.15) is 0 Å². The van der Waals surface area contributed by atoms with E-state index in [9.17, 15) is 9.90 Å². The van der Waals surface area contributed by atoms with Crippen LogP contribution in [0.3, 0.4) is 0 Å². The van der Waals surface area contributed by atoms with Crippen LogP contribution in [0.2, 0.25) is 0 Å². The molecule has 2 heterocycles. The fourth-order valence-corrected chi connectivity index (χ4v) is 2.35. The minimum Gasteiger partial charge on any atom is -0.871 e. The molecule has 0 saturated carbocycles. The first-order valence-electron chi connectivity index (χ1n) is 7.39. The van der Waals surface area contributed by atoms with Gasteiger partial charge < -0.3 is 9.84 Å². The zero-order valence-electron chi connectivity index (χ0n) is 13.1. The first-order valence-corrected chi connectivity index (χ1v) is 7.39. The zero-order valence-corrected chi connectivity index (χ0v) is 14.9. The largest absolute Gasteiger partial charge is 0.871 e. The SMILES string of the molecule is Br.CCOC(=O)C[n+]1ccc(/C([O-])=C2\C=c3ccccc3=N2)cc1. The molecule has 1 aromatic heterocycles. The van der Waals surface area contributed by atoms with E-state index in [1.54, 1.807) is 42.1 Å². The van der Waals surface area contributed by atoms with E-state index in [0.717, 1.165) is 10.6 Å². The molecule has 2 aromatic rings. The monoisotopic (exact) mass is 388 g/mol. The minimum atomic E-state index is -0.305. The fraction of sp³-hybridized carbons (Fsp3) is 0.167. The Labute approximate surface area is 150 Å². The third-order valence-electron chi connectivity index (χ3n) is 3.47. The Kier molecular flexibility index (Phi) is 5.87. The lowest BCUT2D eigenvalue weighted by Gasteiger charge is -2.12. The molecule has 0 N–H and O–H groups in total. The van der Waals surface area contributed by atoms with Crippen molar-refractivity contribution in [2.45, 2.75) is 13.5 Å². The predicted octanol–water partition coefficient (Wildman–Crippen LogP) is 0.258. The number of hydrogen-bond donors (Lipinski definition) is 0. The van der Waals surface area contributed by atoms with Gasteiger partial charge in [0.05, 0.1) is 17.7 Å². The maximum Gasteiger partial charge on any atom is 0.372 e. The number of para-hydroxylation sites is 1. The van der Waals surface area contributed by atoms with E-state index < -0.39 is 0 Å². The lowest BCUT2D eigenvalue weighted by Crippen LogP contribution is -2.38. The van der Waals surface area contributed by atoms with Crippen molar-refractivity contribution in [3.8, 4) is 0 Å². The third-order valence-corrected chi connectivity index (χ3v) is 3.47. The van der Waals surface area contributed by atoms with Crippen LogP contribution in [-0.2, 0) is 16.1 Å². The van der Waals surface area contributed by atoms with E-state index in [1.807, 2.05) is 24.3 Å². The van der Waals surface area contributed by atoms with Crippen molar-refractivity contribution < 1.29 is 19.2 Å². The summed E-state index contributed by atoms with van der Waals surface area (Å²) in [5.41, 5.74) is 0.960. The molecule has 124 valence electrons. The maximum absolute atomic E-state index is 12.5. The van der Waals surface area contributed by atoms with E-state index in [2.05, 4.69) is 4.99 Å². The predicted molar refractivity (Wildman–Crippen MR) is 92.2 cm³/mol. The van der Waals surface area contributed by atoms with Crippen LogP contribution in [0, 0.1) is 0 Å². The highest BCUT2D eigenvalue weighted by atomic mass is 79.9. The number of hydrogen-bond acceptors (Lipinski definition) is 4. The molecule has 0 radical (unpaired) electrons. The Morgan fingerprint density at radius 3 is 2.58 bits per heavy atom. The van der Waals surface area contributed by atoms with Gasteiger partial charge in [0.25, 0.3) is 0 Å². The van der Waals surface area contributed by atoms with E-state index in [1.165, 1.54) is 0 Å². The highest BCUT2D eigenvalue weighted by Gasteiger charge is 2.10. The van der Waals surface area contributed by atoms with E-state index in [4.69, 9.17) is 4.74 Å². The first kappa shape index (κ1) is 17.9. The quantitative estimate of drug-likeness (QED) is 0.428. The molecule has 0 amide bonds. The number of esters is 1. The van der Waals surface area contributed by atoms with Gasteiger partial charge in [-0.2, -0.15) is 4.57 Å². The molecule has 0 aliphatic carbocycles. The molecule has 24 heavy (non-hydrogen) atoms. The second-order valence-corrected chi connectivity index (χ2v) is 5.09. The summed E-state index contributed by atoms with van der Waals surface area (Å²) in [6.45, 7) is 2.24. The smallest absolute Gasteiger partial charge is 0.372 e. The van der Waals surface area contributed by atoms with Gasteiger partial charge in [0.15, 0.2) is 12.4 Å². The van der Waals surface area contributed by atoms with E-state index >= 15 is 0 Å². The molecule has 0 atom stereocenters. The van der Waals surface area contributed by atoms with Gasteiger partial charge in [-0.25, -0.2) is 9.79 Å². The molecule has 1 aromatic carbocycles. The minimum absolute atomic E-state index is 0. The summed E-state index contributed by atoms with van der Waals surface area (Å²) < 4.78 is 6.56. The second-order valence-electron chi connectivity index (χ2n) is 5.09. The fourth-order valence-electron chi connectivity index (χ4n) is 2.35. The van der Waals surface area contributed by atoms with Crippen LogP contribution in [-0.4, -0.2) is 12.6 Å². The van der Waals surface area contributed by atoms with Gasteiger partial charge in [-0.15, -0.1) is 17.0 Å². The Bertz CT molecular complexity index is 852. The van der Waals surface area contributed by atoms with Crippen LogP contribution in [0.15, 0.2) is 59.5 Å². The number of benzene rings is 1. The van der Waals surface area contributed by atoms with Crippen molar-refractivity contribution >= 4 is 34.8 Å². The molecular weight excluding hydrogens is 372 g/mol. The van der Waals surface area contributed by atoms with Crippen molar-refractivity contribution in [1.82, 2.24) is 0 Å². The molecule has 5 nitrogen and oxygen atoms in total. The van der Waals surface area contributed by atoms with Crippen molar-refractivity contribution in [1.29, 1.82) is 0 Å². The van der Waals surface area contributed by atoms with Crippen molar-refractivity contribution in [2.24, 2.45) is 4.99 Å². The van der Waals surface area contributed by atoms with Crippen LogP contribution < -0.4 is 20.2 Å². The number of ether oxygens (including phenoxy) is 1. The number of halogens is 1. The Balaban J connectivity index is 0.00000208. The van der Waals surface area contributed by atoms with Gasteiger partial charge in [-0.3, -0.25) is 0 Å². The number of carbonyl (C=O) groups excluding carboxylic acids is 1. The number of allylic oxidation sites excluding steroid dienone is 1. The number of nitrogens with zero attached hydrogens (tertiary/aromatic N) is 2. The van der Waals surface area contributed by atoms with Gasteiger partial charge >= 0.3 is 5.97 Å². The van der Waals surface area contributed by atoms with Crippen LogP contribution in [0.25, 0.3) is 11.8 Å². The Morgan fingerprint density at radius 1 is 1.21 bits per heavy atom. The van der Waals surface area contributed by atoms with Crippen molar-refractivity contribution in [2.75, 3.05) is 6.61 Å². The van der Waals surface area contributed by atoms with Crippen molar-refractivity contribution in [3.05, 3.63) is 70.6 Å². The first-order chi connectivity index (χ1) is 11.2. The van der Waals surface area contributed by atoms with Gasteiger partial charge in [-0.05, 0) is 24.6 Å². The summed E-state index contributed by atoms with van der Waals surface area (Å²) in [4.78, 5) is 15.8. The summed E-state index contributed by atoms with van der Waals surface area (Å²) in [6.07, 6.45) is 5.16. The van der Waals surface area contributed by atoms with Gasteiger partial charge in [0, 0.05) is 17.4 Å². The molecule has 6 heteroatoms. The summed E-state index contributed by atoms with van der Waals surface area (Å²) in [7, 11) is 0. The van der Waals surface area contributed by atoms with Crippen molar-refractivity contribution in [3.63, 3.8) is 0 Å². The summed E-state index contributed by atoms with van der Waals surface area (Å²) in [5.74, 6) is -0.440. The normalized spacial score (nSPS) is 13.9. The van der Waals surface area contributed by atoms with Crippen LogP contribution >= 0.6 is 17.0 Å². The molecule has 0 spiro atoms. The van der Waals surface area contributed by atoms with E-state index in [0.29, 0.717) is 17.9 Å². The molecule has 1 aliphatic heterocycles. The standard InChI is InChI=1S/C18H16N2O3.BrH/c1-2-23-17(21)12-20-9-7-13(8-10-20)18(22)16-11-14-5-3-4-6-15(14)19-16;/h3-11H,2,12H2,1H3;1H. The molecule has 0 fully saturated rings. The lowest BCUT2D eigenvalue weighted by atomic mass is 10.2. The summed E-state index contributed by atoms with van der Waals surface area (Å²) >= 11 is 0. The van der Waals surface area contributed by atoms with Crippen LogP contribution in [0.1, 0.15) is 12.5 Å². The average molecular weight is 389 g/mol. The third kappa shape index (κ3) is 3.89. The molecular formula is C18H17BrN2O3. The topological polar surface area (TPSA) is 65.6 Å². The molecule has 0 saturated heterocycles. The number of rotatable bonds is 4. The summed E-state index contributed by atoms with van der Waals surface area (Å²) in [6, 6.07) is 11.0. The second kappa shape index (κ2) is 7.88. The van der Waals surface area contributed by atoms with Crippen LogP contribution in [0.4, 0.5) is 0 Å². The van der Waals surface area contributed by atoms with E-state index in [-0.39, 0.29) is 35.3 Å². The number of pyridine rings is 1.